The van der Waals surface area contributed by atoms with Gasteiger partial charge in [-0.05, 0) is 59.7 Å². The number of aryl methyl sites for hydroxylation is 3. The fourth-order valence-electron chi connectivity index (χ4n) is 3.17. The average Bonchev–Trinajstić information content (AvgIpc) is 3.31. The Hall–Kier alpha value is -3.59. The summed E-state index contributed by atoms with van der Waals surface area (Å²) in [6, 6.07) is 11.7. The predicted octanol–water partition coefficient (Wildman–Crippen LogP) is 1.99. The third-order valence-electron chi connectivity index (χ3n) is 4.83. The van der Waals surface area contributed by atoms with Crippen LogP contribution >= 0.6 is 0 Å². The Bertz CT molecular complexity index is 1260. The second-order valence-corrected chi connectivity index (χ2v) is 6.83. The van der Waals surface area contributed by atoms with Crippen LogP contribution in [0, 0.1) is 19.7 Å². The van der Waals surface area contributed by atoms with Crippen molar-refractivity contribution in [3.8, 4) is 11.4 Å². The van der Waals surface area contributed by atoms with Crippen LogP contribution in [0.3, 0.4) is 0 Å². The van der Waals surface area contributed by atoms with E-state index in [1.807, 2.05) is 13.0 Å². The number of hydrogen-bond acceptors (Lipinski definition) is 5. The molecule has 0 aliphatic heterocycles. The van der Waals surface area contributed by atoms with E-state index in [1.165, 1.54) is 17.8 Å². The van der Waals surface area contributed by atoms with Gasteiger partial charge in [-0.3, -0.25) is 0 Å². The molecule has 0 bridgehead atoms. The molecule has 0 aliphatic carbocycles. The Labute approximate surface area is 165 Å². The number of halogens is 1. The minimum Gasteiger partial charge on any atom is -0.382 e. The molecule has 2 aromatic heterocycles. The zero-order chi connectivity index (χ0) is 20.7. The molecule has 2 aromatic carbocycles. The van der Waals surface area contributed by atoms with Crippen LogP contribution < -0.4 is 5.69 Å². The van der Waals surface area contributed by atoms with Crippen LogP contribution in [0.2, 0.25) is 0 Å². The molecule has 1 atom stereocenters. The van der Waals surface area contributed by atoms with E-state index in [-0.39, 0.29) is 5.82 Å². The van der Waals surface area contributed by atoms with Crippen molar-refractivity contribution in [1.82, 2.24) is 29.6 Å². The zero-order valence-corrected chi connectivity index (χ0v) is 16.1. The maximum Gasteiger partial charge on any atom is 0.368 e. The van der Waals surface area contributed by atoms with E-state index in [4.69, 9.17) is 0 Å². The SMILES string of the molecule is Cc1ccc(-n2ccc(C(O)c3c(C)cccc3-n3nnn(C)c3=O)n2)cc1F. The van der Waals surface area contributed by atoms with Crippen LogP contribution in [0.25, 0.3) is 11.4 Å². The summed E-state index contributed by atoms with van der Waals surface area (Å²) in [5.74, 6) is -0.330. The van der Waals surface area contributed by atoms with Gasteiger partial charge in [-0.2, -0.15) is 14.5 Å². The molecule has 0 spiro atoms. The number of aliphatic hydroxyl groups excluding tert-OH is 1. The van der Waals surface area contributed by atoms with Gasteiger partial charge in [0, 0.05) is 18.8 Å². The van der Waals surface area contributed by atoms with Crippen LogP contribution in [0.4, 0.5) is 4.39 Å². The van der Waals surface area contributed by atoms with E-state index in [1.54, 1.807) is 43.5 Å². The molecule has 1 unspecified atom stereocenters. The molecule has 0 fully saturated rings. The second kappa shape index (κ2) is 7.10. The van der Waals surface area contributed by atoms with E-state index < -0.39 is 11.8 Å². The molecular weight excluding hydrogens is 375 g/mol. The number of tetrazole rings is 1. The third-order valence-corrected chi connectivity index (χ3v) is 4.83. The maximum absolute atomic E-state index is 13.9. The standard InChI is InChI=1S/C20H19FN6O2/c1-12-7-8-14(11-15(12)21)26-10-9-16(22-26)19(28)18-13(2)5-4-6-17(18)27-20(29)25(3)23-24-27/h4-11,19,28H,1-3H3. The summed E-state index contributed by atoms with van der Waals surface area (Å²) in [4.78, 5) is 12.3. The van der Waals surface area contributed by atoms with Gasteiger partial charge in [-0.1, -0.05) is 18.2 Å². The average molecular weight is 394 g/mol. The molecule has 0 amide bonds. The number of rotatable bonds is 4. The summed E-state index contributed by atoms with van der Waals surface area (Å²) < 4.78 is 17.6. The van der Waals surface area contributed by atoms with Gasteiger partial charge in [0.05, 0.1) is 17.1 Å². The van der Waals surface area contributed by atoms with Gasteiger partial charge in [-0.15, -0.1) is 0 Å². The van der Waals surface area contributed by atoms with E-state index in [0.29, 0.717) is 28.2 Å². The smallest absolute Gasteiger partial charge is 0.368 e. The van der Waals surface area contributed by atoms with Crippen LogP contribution in [0.5, 0.6) is 0 Å². The minimum atomic E-state index is -1.11. The summed E-state index contributed by atoms with van der Waals surface area (Å²) >= 11 is 0. The Morgan fingerprint density at radius 2 is 1.86 bits per heavy atom. The van der Waals surface area contributed by atoms with Gasteiger partial charge in [0.15, 0.2) is 0 Å². The maximum atomic E-state index is 13.9. The van der Waals surface area contributed by atoms with Gasteiger partial charge < -0.3 is 5.11 Å². The molecular formula is C20H19FN6O2. The molecule has 0 saturated heterocycles. The van der Waals surface area contributed by atoms with Crippen LogP contribution in [0.1, 0.15) is 28.5 Å². The van der Waals surface area contributed by atoms with Crippen LogP contribution in [-0.2, 0) is 7.05 Å². The molecule has 0 radical (unpaired) electrons. The van der Waals surface area contributed by atoms with Crippen molar-refractivity contribution in [2.24, 2.45) is 7.05 Å². The summed E-state index contributed by atoms with van der Waals surface area (Å²) in [6.45, 7) is 3.52. The van der Waals surface area contributed by atoms with Gasteiger partial charge in [0.1, 0.15) is 11.9 Å². The zero-order valence-electron chi connectivity index (χ0n) is 16.1. The summed E-state index contributed by atoms with van der Waals surface area (Å²) in [7, 11) is 1.50. The molecule has 0 saturated carbocycles. The van der Waals surface area contributed by atoms with Crippen LogP contribution in [0.15, 0.2) is 53.5 Å². The lowest BCUT2D eigenvalue weighted by Gasteiger charge is -2.16. The number of benzene rings is 2. The molecule has 4 aromatic rings. The number of nitrogens with zero attached hydrogens (tertiary/aromatic N) is 6. The number of aliphatic hydroxyl groups is 1. The molecule has 9 heteroatoms. The largest absolute Gasteiger partial charge is 0.382 e. The highest BCUT2D eigenvalue weighted by Gasteiger charge is 2.22. The van der Waals surface area contributed by atoms with Crippen molar-refractivity contribution >= 4 is 0 Å². The fourth-order valence-corrected chi connectivity index (χ4v) is 3.17. The van der Waals surface area contributed by atoms with Crippen molar-refractivity contribution in [2.75, 3.05) is 0 Å². The van der Waals surface area contributed by atoms with Crippen molar-refractivity contribution in [2.45, 2.75) is 20.0 Å². The highest BCUT2D eigenvalue weighted by Crippen LogP contribution is 2.29. The molecule has 2 heterocycles. The predicted molar refractivity (Wildman–Crippen MR) is 104 cm³/mol. The summed E-state index contributed by atoms with van der Waals surface area (Å²) in [5.41, 5.74) is 2.70. The van der Waals surface area contributed by atoms with E-state index >= 15 is 0 Å². The van der Waals surface area contributed by atoms with Gasteiger partial charge in [-0.25, -0.2) is 13.9 Å². The first kappa shape index (κ1) is 18.8. The Kier molecular flexibility index (Phi) is 4.59. The first-order valence-electron chi connectivity index (χ1n) is 8.96. The number of hydrogen-bond donors (Lipinski definition) is 1. The van der Waals surface area contributed by atoms with E-state index in [9.17, 15) is 14.3 Å². The molecule has 8 nitrogen and oxygen atoms in total. The van der Waals surface area contributed by atoms with Crippen molar-refractivity contribution in [1.29, 1.82) is 0 Å². The minimum absolute atomic E-state index is 0.330. The highest BCUT2D eigenvalue weighted by atomic mass is 19.1. The van der Waals surface area contributed by atoms with Crippen molar-refractivity contribution in [3.05, 3.63) is 87.3 Å². The Morgan fingerprint density at radius 3 is 2.55 bits per heavy atom. The molecule has 148 valence electrons. The molecule has 29 heavy (non-hydrogen) atoms. The first-order valence-corrected chi connectivity index (χ1v) is 8.96. The Morgan fingerprint density at radius 1 is 1.07 bits per heavy atom. The first-order chi connectivity index (χ1) is 13.9. The lowest BCUT2D eigenvalue weighted by molar-refractivity contribution is 0.213. The lowest BCUT2D eigenvalue weighted by atomic mass is 9.99. The van der Waals surface area contributed by atoms with Crippen LogP contribution in [-0.4, -0.2) is 34.7 Å². The lowest BCUT2D eigenvalue weighted by Crippen LogP contribution is -2.23. The third kappa shape index (κ3) is 3.25. The Balaban J connectivity index is 1.77. The van der Waals surface area contributed by atoms with Gasteiger partial charge >= 0.3 is 5.69 Å². The molecule has 4 rings (SSSR count). The topological polar surface area (TPSA) is 90.8 Å². The van der Waals surface area contributed by atoms with E-state index in [0.717, 1.165) is 14.9 Å². The highest BCUT2D eigenvalue weighted by molar-refractivity contribution is 5.48. The molecule has 1 N–H and O–H groups in total. The number of aromatic nitrogens is 6. The quantitative estimate of drug-likeness (QED) is 0.572. The second-order valence-electron chi connectivity index (χ2n) is 6.83. The normalized spacial score (nSPS) is 12.3. The summed E-state index contributed by atoms with van der Waals surface area (Å²) in [5, 5.41) is 23.1. The van der Waals surface area contributed by atoms with Gasteiger partial charge in [0.25, 0.3) is 0 Å². The van der Waals surface area contributed by atoms with Crippen molar-refractivity contribution in [3.63, 3.8) is 0 Å². The monoisotopic (exact) mass is 394 g/mol. The van der Waals surface area contributed by atoms with Crippen molar-refractivity contribution < 1.29 is 9.50 Å². The van der Waals surface area contributed by atoms with Gasteiger partial charge in [0.2, 0.25) is 0 Å². The molecule has 0 aliphatic rings. The summed E-state index contributed by atoms with van der Waals surface area (Å²) in [6.07, 6.45) is 0.534. The fraction of sp³-hybridized carbons (Fsp3) is 0.200. The van der Waals surface area contributed by atoms with E-state index in [2.05, 4.69) is 15.5 Å².